The molecule has 0 aromatic rings. The van der Waals surface area contributed by atoms with E-state index in [-0.39, 0.29) is 30.5 Å². The zero-order valence-corrected chi connectivity index (χ0v) is 21.6. The van der Waals surface area contributed by atoms with Crippen molar-refractivity contribution in [3.8, 4) is 0 Å². The van der Waals surface area contributed by atoms with Crippen molar-refractivity contribution in [1.82, 2.24) is 15.5 Å². The van der Waals surface area contributed by atoms with E-state index in [0.717, 1.165) is 25.7 Å². The summed E-state index contributed by atoms with van der Waals surface area (Å²) in [7, 11) is 0. The molecule has 0 saturated heterocycles. The minimum absolute atomic E-state index is 0.0140. The van der Waals surface area contributed by atoms with Gasteiger partial charge in [-0.3, -0.25) is 14.5 Å². The second-order valence-corrected chi connectivity index (χ2v) is 9.46. The number of aliphatic hydroxyl groups is 1. The Morgan fingerprint density at radius 1 is 0.688 bits per heavy atom. The lowest BCUT2D eigenvalue weighted by molar-refractivity contribution is -0.122. The molecule has 6 heteroatoms. The molecule has 0 spiro atoms. The molecule has 0 rings (SSSR count). The molecule has 2 amide bonds. The van der Waals surface area contributed by atoms with E-state index in [1.807, 2.05) is 13.8 Å². The smallest absolute Gasteiger partial charge is 0.220 e. The van der Waals surface area contributed by atoms with Gasteiger partial charge in [0.05, 0.1) is 6.61 Å². The summed E-state index contributed by atoms with van der Waals surface area (Å²) in [4.78, 5) is 26.5. The molecule has 2 atom stereocenters. The second-order valence-electron chi connectivity index (χ2n) is 9.46. The molecule has 0 aromatic heterocycles. The molecule has 0 aliphatic carbocycles. The number of amides is 2. The third-order valence-electron chi connectivity index (χ3n) is 5.81. The van der Waals surface area contributed by atoms with Gasteiger partial charge in [0.15, 0.2) is 0 Å². The topological polar surface area (TPSA) is 81.7 Å². The Labute approximate surface area is 198 Å². The standard InChI is InChI=1S/C26H53N3O3/c1-5-7-9-11-13-15-17-25(31)27-23(3)21-29(19-20-30)22-24(4)28-26(32)18-16-14-12-10-8-6-2/h23-24,30H,5-22H2,1-4H3,(H,27,31)(H,28,32). The lowest BCUT2D eigenvalue weighted by Gasteiger charge is -2.28. The van der Waals surface area contributed by atoms with Crippen molar-refractivity contribution in [3.05, 3.63) is 0 Å². The summed E-state index contributed by atoms with van der Waals surface area (Å²) in [5.74, 6) is 0.217. The van der Waals surface area contributed by atoms with Crippen LogP contribution in [0.1, 0.15) is 118 Å². The first kappa shape index (κ1) is 30.9. The van der Waals surface area contributed by atoms with E-state index in [4.69, 9.17) is 0 Å². The summed E-state index contributed by atoms with van der Waals surface area (Å²) in [6.07, 6.45) is 15.3. The highest BCUT2D eigenvalue weighted by Crippen LogP contribution is 2.08. The predicted molar refractivity (Wildman–Crippen MR) is 135 cm³/mol. The van der Waals surface area contributed by atoms with Gasteiger partial charge in [-0.15, -0.1) is 0 Å². The molecule has 0 aliphatic heterocycles. The molecule has 0 saturated carbocycles. The zero-order valence-electron chi connectivity index (χ0n) is 21.6. The maximum atomic E-state index is 12.2. The maximum absolute atomic E-state index is 12.2. The van der Waals surface area contributed by atoms with Crippen LogP contribution in [0, 0.1) is 0 Å². The highest BCUT2D eigenvalue weighted by Gasteiger charge is 2.16. The van der Waals surface area contributed by atoms with Gasteiger partial charge in [0.25, 0.3) is 0 Å². The van der Waals surface area contributed by atoms with Gasteiger partial charge >= 0.3 is 0 Å². The Bertz CT molecular complexity index is 422. The van der Waals surface area contributed by atoms with Gasteiger partial charge in [0.2, 0.25) is 11.8 Å². The summed E-state index contributed by atoms with van der Waals surface area (Å²) in [6, 6.07) is 0.0281. The van der Waals surface area contributed by atoms with Crippen LogP contribution in [-0.2, 0) is 9.59 Å². The van der Waals surface area contributed by atoms with Crippen LogP contribution >= 0.6 is 0 Å². The van der Waals surface area contributed by atoms with E-state index in [2.05, 4.69) is 29.4 Å². The number of aliphatic hydroxyl groups excluding tert-OH is 1. The summed E-state index contributed by atoms with van der Waals surface area (Å²) in [5, 5.41) is 15.6. The molecule has 0 heterocycles. The van der Waals surface area contributed by atoms with E-state index in [9.17, 15) is 14.7 Å². The Hall–Kier alpha value is -1.14. The molecule has 0 fully saturated rings. The van der Waals surface area contributed by atoms with Crippen LogP contribution in [0.4, 0.5) is 0 Å². The lowest BCUT2D eigenvalue weighted by Crippen LogP contribution is -2.48. The molecule has 0 aliphatic rings. The molecular formula is C26H53N3O3. The molecule has 6 nitrogen and oxygen atoms in total. The van der Waals surface area contributed by atoms with E-state index < -0.39 is 0 Å². The summed E-state index contributed by atoms with van der Waals surface area (Å²) >= 11 is 0. The van der Waals surface area contributed by atoms with Gasteiger partial charge in [-0.2, -0.15) is 0 Å². The van der Waals surface area contributed by atoms with Crippen molar-refractivity contribution in [2.45, 2.75) is 130 Å². The Morgan fingerprint density at radius 3 is 1.44 bits per heavy atom. The van der Waals surface area contributed by atoms with Crippen LogP contribution in [0.3, 0.4) is 0 Å². The molecule has 190 valence electrons. The predicted octanol–water partition coefficient (Wildman–Crippen LogP) is 4.79. The van der Waals surface area contributed by atoms with E-state index >= 15 is 0 Å². The molecule has 32 heavy (non-hydrogen) atoms. The zero-order chi connectivity index (χ0) is 24.0. The van der Waals surface area contributed by atoms with Crippen LogP contribution in [0.25, 0.3) is 0 Å². The van der Waals surface area contributed by atoms with E-state index in [0.29, 0.717) is 32.5 Å². The lowest BCUT2D eigenvalue weighted by atomic mass is 10.1. The maximum Gasteiger partial charge on any atom is 0.220 e. The van der Waals surface area contributed by atoms with Crippen LogP contribution < -0.4 is 10.6 Å². The van der Waals surface area contributed by atoms with Crippen LogP contribution in [0.2, 0.25) is 0 Å². The minimum Gasteiger partial charge on any atom is -0.395 e. The number of carbonyl (C=O) groups is 2. The van der Waals surface area contributed by atoms with E-state index in [1.165, 1.54) is 51.4 Å². The molecule has 0 radical (unpaired) electrons. The number of unbranched alkanes of at least 4 members (excludes halogenated alkanes) is 10. The fourth-order valence-corrected chi connectivity index (χ4v) is 4.09. The van der Waals surface area contributed by atoms with Crippen molar-refractivity contribution in [3.63, 3.8) is 0 Å². The largest absolute Gasteiger partial charge is 0.395 e. The highest BCUT2D eigenvalue weighted by molar-refractivity contribution is 5.76. The van der Waals surface area contributed by atoms with Gasteiger partial charge in [-0.25, -0.2) is 0 Å². The minimum atomic E-state index is 0.0140. The molecular weight excluding hydrogens is 402 g/mol. The highest BCUT2D eigenvalue weighted by atomic mass is 16.3. The number of nitrogens with zero attached hydrogens (tertiary/aromatic N) is 1. The summed E-state index contributed by atoms with van der Waals surface area (Å²) in [5.41, 5.74) is 0. The SMILES string of the molecule is CCCCCCCCC(=O)NC(C)CN(CCO)CC(C)NC(=O)CCCCCCCC. The van der Waals surface area contributed by atoms with Crippen molar-refractivity contribution in [2.24, 2.45) is 0 Å². The number of nitrogens with one attached hydrogen (secondary N) is 2. The third-order valence-corrected chi connectivity index (χ3v) is 5.81. The van der Waals surface area contributed by atoms with Gasteiger partial charge in [-0.1, -0.05) is 78.1 Å². The third kappa shape index (κ3) is 19.5. The average molecular weight is 456 g/mol. The van der Waals surface area contributed by atoms with Crippen molar-refractivity contribution >= 4 is 11.8 Å². The fourth-order valence-electron chi connectivity index (χ4n) is 4.09. The van der Waals surface area contributed by atoms with Crippen LogP contribution in [0.15, 0.2) is 0 Å². The van der Waals surface area contributed by atoms with Crippen LogP contribution in [0.5, 0.6) is 0 Å². The average Bonchev–Trinajstić information content (AvgIpc) is 2.73. The molecule has 0 aromatic carbocycles. The first-order valence-electron chi connectivity index (χ1n) is 13.3. The summed E-state index contributed by atoms with van der Waals surface area (Å²) < 4.78 is 0. The number of hydrogen-bond acceptors (Lipinski definition) is 4. The first-order valence-corrected chi connectivity index (χ1v) is 13.3. The van der Waals surface area contributed by atoms with Crippen molar-refractivity contribution < 1.29 is 14.7 Å². The summed E-state index contributed by atoms with van der Waals surface area (Å²) in [6.45, 7) is 10.4. The Morgan fingerprint density at radius 2 is 1.06 bits per heavy atom. The Kier molecular flexibility index (Phi) is 20.9. The first-order chi connectivity index (χ1) is 15.4. The van der Waals surface area contributed by atoms with Crippen molar-refractivity contribution in [2.75, 3.05) is 26.2 Å². The Balaban J connectivity index is 4.11. The van der Waals surface area contributed by atoms with Crippen molar-refractivity contribution in [1.29, 1.82) is 0 Å². The normalized spacial score (nSPS) is 13.2. The van der Waals surface area contributed by atoms with Gasteiger partial charge in [0.1, 0.15) is 0 Å². The van der Waals surface area contributed by atoms with Gasteiger partial charge in [0, 0.05) is 44.6 Å². The van der Waals surface area contributed by atoms with Gasteiger partial charge in [-0.05, 0) is 26.7 Å². The number of rotatable bonds is 22. The molecule has 3 N–H and O–H groups in total. The molecule has 2 unspecified atom stereocenters. The van der Waals surface area contributed by atoms with Gasteiger partial charge < -0.3 is 15.7 Å². The van der Waals surface area contributed by atoms with E-state index in [1.54, 1.807) is 0 Å². The fraction of sp³-hybridized carbons (Fsp3) is 0.923. The number of carbonyl (C=O) groups excluding carboxylic acids is 2. The second kappa shape index (κ2) is 21.7. The van der Waals surface area contributed by atoms with Crippen LogP contribution in [-0.4, -0.2) is 60.1 Å². The number of hydrogen-bond donors (Lipinski definition) is 3. The monoisotopic (exact) mass is 455 g/mol. The molecule has 0 bridgehead atoms. The quantitative estimate of drug-likeness (QED) is 0.205.